The number of hydrogen-bond acceptors (Lipinski definition) is 2. The molecule has 0 aromatic carbocycles. The standard InChI is InChI=1S/C13H28N2/c1-13(2)8-11-15(12-13)10-7-5-3-4-6-9-14/h3-12,14H2,1-2H3. The molecule has 1 aliphatic heterocycles. The van der Waals surface area contributed by atoms with E-state index in [0.717, 1.165) is 6.54 Å². The highest BCUT2D eigenvalue weighted by molar-refractivity contribution is 4.82. The third-order valence-electron chi connectivity index (χ3n) is 3.43. The van der Waals surface area contributed by atoms with Crippen molar-refractivity contribution in [1.82, 2.24) is 4.90 Å². The van der Waals surface area contributed by atoms with E-state index in [1.165, 1.54) is 58.2 Å². The lowest BCUT2D eigenvalue weighted by atomic mass is 9.93. The van der Waals surface area contributed by atoms with Crippen LogP contribution in [0, 0.1) is 5.41 Å². The summed E-state index contributed by atoms with van der Waals surface area (Å²) in [4.78, 5) is 2.63. The Bertz CT molecular complexity index is 166. The summed E-state index contributed by atoms with van der Waals surface area (Å²) in [6, 6.07) is 0. The molecule has 0 radical (unpaired) electrons. The maximum atomic E-state index is 5.46. The number of nitrogens with two attached hydrogens (primary N) is 1. The van der Waals surface area contributed by atoms with Gasteiger partial charge in [-0.15, -0.1) is 0 Å². The highest BCUT2D eigenvalue weighted by Crippen LogP contribution is 2.28. The first-order chi connectivity index (χ1) is 7.14. The Morgan fingerprint density at radius 3 is 2.33 bits per heavy atom. The molecule has 0 aliphatic carbocycles. The summed E-state index contributed by atoms with van der Waals surface area (Å²) in [5.41, 5.74) is 6.03. The highest BCUT2D eigenvalue weighted by Gasteiger charge is 2.28. The average Bonchev–Trinajstić information content (AvgIpc) is 2.52. The lowest BCUT2D eigenvalue weighted by Gasteiger charge is -2.19. The highest BCUT2D eigenvalue weighted by atomic mass is 15.1. The van der Waals surface area contributed by atoms with Crippen molar-refractivity contribution < 1.29 is 0 Å². The summed E-state index contributed by atoms with van der Waals surface area (Å²) in [7, 11) is 0. The van der Waals surface area contributed by atoms with Gasteiger partial charge in [0, 0.05) is 6.54 Å². The minimum absolute atomic E-state index is 0.569. The third-order valence-corrected chi connectivity index (χ3v) is 3.43. The largest absolute Gasteiger partial charge is 0.330 e. The number of hydrogen-bond donors (Lipinski definition) is 1. The van der Waals surface area contributed by atoms with E-state index < -0.39 is 0 Å². The molecule has 0 aromatic heterocycles. The van der Waals surface area contributed by atoms with E-state index in [1.807, 2.05) is 0 Å². The Labute approximate surface area is 95.2 Å². The van der Waals surface area contributed by atoms with Crippen LogP contribution in [-0.4, -0.2) is 31.1 Å². The molecule has 1 fully saturated rings. The van der Waals surface area contributed by atoms with Crippen molar-refractivity contribution in [2.45, 2.75) is 52.4 Å². The van der Waals surface area contributed by atoms with Gasteiger partial charge in [-0.2, -0.15) is 0 Å². The fraction of sp³-hybridized carbons (Fsp3) is 1.00. The van der Waals surface area contributed by atoms with Crippen molar-refractivity contribution in [3.8, 4) is 0 Å². The summed E-state index contributed by atoms with van der Waals surface area (Å²) in [5.74, 6) is 0. The predicted octanol–water partition coefficient (Wildman–Crippen LogP) is 2.63. The topological polar surface area (TPSA) is 29.3 Å². The smallest absolute Gasteiger partial charge is 0.00332 e. The van der Waals surface area contributed by atoms with Gasteiger partial charge in [0.25, 0.3) is 0 Å². The molecule has 0 aromatic rings. The molecular formula is C13H28N2. The van der Waals surface area contributed by atoms with E-state index in [2.05, 4.69) is 18.7 Å². The van der Waals surface area contributed by atoms with Gasteiger partial charge >= 0.3 is 0 Å². The van der Waals surface area contributed by atoms with Crippen molar-refractivity contribution in [1.29, 1.82) is 0 Å². The molecule has 0 saturated carbocycles. The van der Waals surface area contributed by atoms with Crippen molar-refractivity contribution in [2.75, 3.05) is 26.2 Å². The number of nitrogens with zero attached hydrogens (tertiary/aromatic N) is 1. The Morgan fingerprint density at radius 2 is 1.73 bits per heavy atom. The Kier molecular flexibility index (Phi) is 5.62. The van der Waals surface area contributed by atoms with Gasteiger partial charge < -0.3 is 10.6 Å². The summed E-state index contributed by atoms with van der Waals surface area (Å²) in [6.07, 6.45) is 8.03. The SMILES string of the molecule is CC1(C)CCN(CCCCCCCN)C1. The van der Waals surface area contributed by atoms with Crippen LogP contribution in [0.25, 0.3) is 0 Å². The van der Waals surface area contributed by atoms with Crippen LogP contribution < -0.4 is 5.73 Å². The van der Waals surface area contributed by atoms with Crippen LogP contribution in [-0.2, 0) is 0 Å². The van der Waals surface area contributed by atoms with Crippen LogP contribution in [0.5, 0.6) is 0 Å². The van der Waals surface area contributed by atoms with Crippen LogP contribution in [0.3, 0.4) is 0 Å². The molecule has 15 heavy (non-hydrogen) atoms. The van der Waals surface area contributed by atoms with E-state index in [0.29, 0.717) is 5.41 Å². The van der Waals surface area contributed by atoms with Crippen LogP contribution in [0.4, 0.5) is 0 Å². The van der Waals surface area contributed by atoms with E-state index in [9.17, 15) is 0 Å². The van der Waals surface area contributed by atoms with Gasteiger partial charge in [0.15, 0.2) is 0 Å². The fourth-order valence-corrected chi connectivity index (χ4v) is 2.43. The van der Waals surface area contributed by atoms with Crippen LogP contribution in [0.1, 0.15) is 52.4 Å². The Balaban J connectivity index is 1.93. The molecule has 1 aliphatic rings. The molecule has 2 heteroatoms. The van der Waals surface area contributed by atoms with Crippen LogP contribution in [0.2, 0.25) is 0 Å². The molecular weight excluding hydrogens is 184 g/mol. The fourth-order valence-electron chi connectivity index (χ4n) is 2.43. The van der Waals surface area contributed by atoms with Gasteiger partial charge in [0.1, 0.15) is 0 Å². The maximum absolute atomic E-state index is 5.46. The van der Waals surface area contributed by atoms with Gasteiger partial charge in [-0.25, -0.2) is 0 Å². The second kappa shape index (κ2) is 6.49. The monoisotopic (exact) mass is 212 g/mol. The van der Waals surface area contributed by atoms with E-state index in [4.69, 9.17) is 5.73 Å². The first-order valence-corrected chi connectivity index (χ1v) is 6.56. The summed E-state index contributed by atoms with van der Waals surface area (Å²) in [5, 5.41) is 0. The molecule has 0 bridgehead atoms. The zero-order valence-corrected chi connectivity index (χ0v) is 10.6. The van der Waals surface area contributed by atoms with E-state index in [1.54, 1.807) is 0 Å². The zero-order chi connectivity index (χ0) is 11.1. The van der Waals surface area contributed by atoms with Crippen molar-refractivity contribution >= 4 is 0 Å². The molecule has 90 valence electrons. The van der Waals surface area contributed by atoms with Crippen molar-refractivity contribution in [3.05, 3.63) is 0 Å². The molecule has 0 unspecified atom stereocenters. The van der Waals surface area contributed by atoms with Crippen LogP contribution in [0.15, 0.2) is 0 Å². The van der Waals surface area contributed by atoms with Gasteiger partial charge in [-0.1, -0.05) is 33.1 Å². The normalized spacial score (nSPS) is 21.0. The van der Waals surface area contributed by atoms with Gasteiger partial charge in [0.2, 0.25) is 0 Å². The molecule has 2 nitrogen and oxygen atoms in total. The number of likely N-dealkylation sites (tertiary alicyclic amines) is 1. The van der Waals surface area contributed by atoms with Gasteiger partial charge in [0.05, 0.1) is 0 Å². The van der Waals surface area contributed by atoms with Gasteiger partial charge in [-0.3, -0.25) is 0 Å². The first-order valence-electron chi connectivity index (χ1n) is 6.56. The minimum atomic E-state index is 0.569. The van der Waals surface area contributed by atoms with Crippen molar-refractivity contribution in [2.24, 2.45) is 11.1 Å². The molecule has 0 amide bonds. The number of rotatable bonds is 7. The lowest BCUT2D eigenvalue weighted by Crippen LogP contribution is -2.24. The first kappa shape index (κ1) is 13.0. The zero-order valence-electron chi connectivity index (χ0n) is 10.6. The summed E-state index contributed by atoms with van der Waals surface area (Å²) >= 11 is 0. The molecule has 2 N–H and O–H groups in total. The molecule has 1 saturated heterocycles. The lowest BCUT2D eigenvalue weighted by molar-refractivity contribution is 0.284. The Hall–Kier alpha value is -0.0800. The molecule has 0 atom stereocenters. The molecule has 1 heterocycles. The third kappa shape index (κ3) is 5.53. The predicted molar refractivity (Wildman–Crippen MR) is 67.0 cm³/mol. The van der Waals surface area contributed by atoms with Gasteiger partial charge in [-0.05, 0) is 44.3 Å². The van der Waals surface area contributed by atoms with E-state index >= 15 is 0 Å². The molecule has 1 rings (SSSR count). The maximum Gasteiger partial charge on any atom is 0.00332 e. The van der Waals surface area contributed by atoms with Crippen molar-refractivity contribution in [3.63, 3.8) is 0 Å². The van der Waals surface area contributed by atoms with E-state index in [-0.39, 0.29) is 0 Å². The summed E-state index contributed by atoms with van der Waals surface area (Å²) in [6.45, 7) is 9.56. The average molecular weight is 212 g/mol. The number of unbranched alkanes of at least 4 members (excludes halogenated alkanes) is 4. The van der Waals surface area contributed by atoms with Crippen LogP contribution >= 0.6 is 0 Å². The minimum Gasteiger partial charge on any atom is -0.330 e. The second-order valence-electron chi connectivity index (χ2n) is 5.75. The molecule has 0 spiro atoms. The summed E-state index contributed by atoms with van der Waals surface area (Å²) < 4.78 is 0. The quantitative estimate of drug-likeness (QED) is 0.657. The Morgan fingerprint density at radius 1 is 1.07 bits per heavy atom. The second-order valence-corrected chi connectivity index (χ2v) is 5.75.